The van der Waals surface area contributed by atoms with Crippen molar-refractivity contribution in [1.29, 1.82) is 0 Å². The molecule has 4 fully saturated rings. The molecule has 1 unspecified atom stereocenters. The van der Waals surface area contributed by atoms with Gasteiger partial charge in [-0.2, -0.15) is 0 Å². The van der Waals surface area contributed by atoms with Crippen molar-refractivity contribution in [3.05, 3.63) is 0 Å². The van der Waals surface area contributed by atoms with E-state index >= 15 is 0 Å². The monoisotopic (exact) mass is 600 g/mol. The molecule has 42 heavy (non-hydrogen) atoms. The summed E-state index contributed by atoms with van der Waals surface area (Å²) in [6.45, 7) is 10.1. The normalized spacial score (nSPS) is 42.7. The Hall–Kier alpha value is -0.840. The first-order valence-electron chi connectivity index (χ1n) is 16.2. The number of ether oxygens (including phenoxy) is 7. The molecule has 244 valence electrons. The van der Waals surface area contributed by atoms with Crippen molar-refractivity contribution in [1.82, 2.24) is 0 Å². The number of esters is 1. The maximum atomic E-state index is 14.9. The van der Waals surface area contributed by atoms with E-state index in [4.69, 9.17) is 33.2 Å². The summed E-state index contributed by atoms with van der Waals surface area (Å²) in [7, 11) is 6.30. The molecule has 0 heterocycles. The number of methoxy groups -OCH3 is 4. The van der Waals surface area contributed by atoms with Gasteiger partial charge in [0.1, 0.15) is 20.4 Å². The Bertz CT molecular complexity index is 875. The fourth-order valence-electron chi connectivity index (χ4n) is 10.6. The van der Waals surface area contributed by atoms with Crippen molar-refractivity contribution in [2.75, 3.05) is 48.8 Å². The van der Waals surface area contributed by atoms with Crippen LogP contribution in [0.2, 0.25) is 0 Å². The first-order chi connectivity index (χ1) is 20.1. The number of carbonyl (C=O) groups is 1. The highest BCUT2D eigenvalue weighted by Crippen LogP contribution is 2.70. The molecule has 4 aliphatic rings. The molecule has 8 nitrogen and oxygen atoms in total. The second-order valence-electron chi connectivity index (χ2n) is 14.0. The van der Waals surface area contributed by atoms with Crippen molar-refractivity contribution in [2.45, 2.75) is 104 Å². The molecule has 0 saturated heterocycles. The summed E-state index contributed by atoms with van der Waals surface area (Å²) in [4.78, 5) is 12.0. The molecule has 0 radical (unpaired) electrons. The number of hydrogen-bond donors (Lipinski definition) is 0. The summed E-state index contributed by atoms with van der Waals surface area (Å²) in [5, 5.41) is 0. The lowest BCUT2D eigenvalue weighted by Crippen LogP contribution is -2.66. The van der Waals surface area contributed by atoms with Gasteiger partial charge >= 0.3 is 5.97 Å². The van der Waals surface area contributed by atoms with E-state index in [-0.39, 0.29) is 61.0 Å². The van der Waals surface area contributed by atoms with E-state index < -0.39 is 12.1 Å². The van der Waals surface area contributed by atoms with Crippen LogP contribution in [0.1, 0.15) is 79.1 Å². The van der Waals surface area contributed by atoms with Gasteiger partial charge in [-0.15, -0.1) is 0 Å². The Morgan fingerprint density at radius 3 is 2.19 bits per heavy atom. The minimum atomic E-state index is -1.62. The van der Waals surface area contributed by atoms with Gasteiger partial charge in [0.2, 0.25) is 0 Å². The minimum absolute atomic E-state index is 0.0000849. The Kier molecular flexibility index (Phi) is 11.8. The average molecular weight is 601 g/mol. The fraction of sp³-hybridized carbons (Fsp3) is 0.970. The lowest BCUT2D eigenvalue weighted by atomic mass is 9.40. The molecule has 0 spiro atoms. The van der Waals surface area contributed by atoms with Crippen molar-refractivity contribution in [3.63, 3.8) is 0 Å². The molecule has 4 saturated carbocycles. The first-order valence-corrected chi connectivity index (χ1v) is 16.2. The smallest absolute Gasteiger partial charge is 0.340 e. The van der Waals surface area contributed by atoms with E-state index in [0.717, 1.165) is 44.9 Å². The molecular formula is C33H57FO8. The van der Waals surface area contributed by atoms with Gasteiger partial charge in [-0.05, 0) is 91.8 Å². The molecular weight excluding hydrogens is 543 g/mol. The molecule has 0 aromatic rings. The van der Waals surface area contributed by atoms with Crippen molar-refractivity contribution in [2.24, 2.45) is 52.3 Å². The highest BCUT2D eigenvalue weighted by atomic mass is 19.1. The van der Waals surface area contributed by atoms with Crippen LogP contribution in [0.3, 0.4) is 0 Å². The van der Waals surface area contributed by atoms with Crippen molar-refractivity contribution >= 4 is 5.97 Å². The number of alkyl halides is 1. The fourth-order valence-corrected chi connectivity index (χ4v) is 10.6. The molecule has 0 bridgehead atoms. The van der Waals surface area contributed by atoms with Gasteiger partial charge in [0, 0.05) is 26.7 Å². The third-order valence-electron chi connectivity index (χ3n) is 12.4. The van der Waals surface area contributed by atoms with Gasteiger partial charge in [-0.25, -0.2) is 9.18 Å². The summed E-state index contributed by atoms with van der Waals surface area (Å²) in [6.07, 6.45) is 5.86. The summed E-state index contributed by atoms with van der Waals surface area (Å²) in [5.74, 6) is 1.36. The van der Waals surface area contributed by atoms with Gasteiger partial charge in [-0.1, -0.05) is 34.1 Å². The molecule has 4 rings (SSSR count). The lowest BCUT2D eigenvalue weighted by Gasteiger charge is -2.66. The summed E-state index contributed by atoms with van der Waals surface area (Å²) < 4.78 is 55.3. The molecule has 0 amide bonds. The SMILES string of the molecule is CC[C@H]1[C@@H](OCOC)[C@@H]2[C@H](C[C@H](OCOC)[C@]3(C)[C@@H]([C@H](C)CC(F)C(=O)OC)CC[C@@H]23)[C@@]2(C)CC[C@@H](OCOC)C[C@@H]12. The zero-order valence-corrected chi connectivity index (χ0v) is 27.3. The molecule has 0 N–H and O–H groups in total. The Morgan fingerprint density at radius 2 is 1.55 bits per heavy atom. The predicted molar refractivity (Wildman–Crippen MR) is 156 cm³/mol. The van der Waals surface area contributed by atoms with E-state index in [0.29, 0.717) is 36.4 Å². The summed E-state index contributed by atoms with van der Waals surface area (Å²) >= 11 is 0. The predicted octanol–water partition coefficient (Wildman–Crippen LogP) is 6.01. The Balaban J connectivity index is 1.72. The van der Waals surface area contributed by atoms with Crippen LogP contribution in [0.4, 0.5) is 4.39 Å². The standard InChI is InChI=1S/C33H57FO8/c1-9-22-25-15-21(40-17-36-5)12-13-32(25,3)26-16-28(41-18-37-6)33(4)23(20(2)14-27(34)31(35)39-8)10-11-24(33)29(26)30(22)42-19-38-7/h20-30H,9-19H2,1-8H3/t20-,21-,22-,23-,24+,25+,26+,27?,28+,29+,30-,32+,33-/m1/s1. The molecule has 0 aromatic heterocycles. The van der Waals surface area contributed by atoms with Crippen LogP contribution in [0.25, 0.3) is 0 Å². The maximum absolute atomic E-state index is 14.9. The zero-order valence-electron chi connectivity index (χ0n) is 27.3. The third kappa shape index (κ3) is 6.17. The largest absolute Gasteiger partial charge is 0.467 e. The Morgan fingerprint density at radius 1 is 0.881 bits per heavy atom. The van der Waals surface area contributed by atoms with Gasteiger partial charge in [0.15, 0.2) is 6.17 Å². The first kappa shape index (κ1) is 34.0. The van der Waals surface area contributed by atoms with Gasteiger partial charge in [0.25, 0.3) is 0 Å². The molecule has 0 aromatic carbocycles. The number of rotatable bonds is 14. The molecule has 4 aliphatic carbocycles. The topological polar surface area (TPSA) is 81.7 Å². The quantitative estimate of drug-likeness (QED) is 0.177. The van der Waals surface area contributed by atoms with Crippen LogP contribution in [0.15, 0.2) is 0 Å². The van der Waals surface area contributed by atoms with E-state index in [2.05, 4.69) is 27.7 Å². The van der Waals surface area contributed by atoms with E-state index in [1.54, 1.807) is 21.3 Å². The van der Waals surface area contributed by atoms with Crippen LogP contribution >= 0.6 is 0 Å². The number of halogens is 1. The summed E-state index contributed by atoms with van der Waals surface area (Å²) in [6, 6.07) is 0. The van der Waals surface area contributed by atoms with Crippen molar-refractivity contribution < 1.29 is 42.3 Å². The van der Waals surface area contributed by atoms with E-state index in [9.17, 15) is 9.18 Å². The Labute approximate surface area is 253 Å². The van der Waals surface area contributed by atoms with E-state index in [1.165, 1.54) is 7.11 Å². The van der Waals surface area contributed by atoms with Gasteiger partial charge in [0.05, 0.1) is 25.4 Å². The van der Waals surface area contributed by atoms with E-state index in [1.807, 2.05) is 0 Å². The third-order valence-corrected chi connectivity index (χ3v) is 12.4. The van der Waals surface area contributed by atoms with Crippen molar-refractivity contribution in [3.8, 4) is 0 Å². The average Bonchev–Trinajstić information content (AvgIpc) is 3.35. The molecule has 9 heteroatoms. The second-order valence-corrected chi connectivity index (χ2v) is 14.0. The second kappa shape index (κ2) is 14.5. The maximum Gasteiger partial charge on any atom is 0.340 e. The molecule has 13 atom stereocenters. The lowest BCUT2D eigenvalue weighted by molar-refractivity contribution is -0.267. The van der Waals surface area contributed by atoms with Gasteiger partial charge < -0.3 is 33.2 Å². The molecule has 0 aliphatic heterocycles. The van der Waals surface area contributed by atoms with Gasteiger partial charge in [-0.3, -0.25) is 0 Å². The van der Waals surface area contributed by atoms with Crippen LogP contribution in [-0.4, -0.2) is 79.3 Å². The number of fused-ring (bicyclic) bond motifs is 5. The van der Waals surface area contributed by atoms with Crippen LogP contribution < -0.4 is 0 Å². The van der Waals surface area contributed by atoms with Crippen LogP contribution in [0.5, 0.6) is 0 Å². The summed E-state index contributed by atoms with van der Waals surface area (Å²) in [5.41, 5.74) is -0.0796. The zero-order chi connectivity index (χ0) is 30.7. The minimum Gasteiger partial charge on any atom is -0.467 e. The highest BCUT2D eigenvalue weighted by molar-refractivity contribution is 5.74. The van der Waals surface area contributed by atoms with Crippen LogP contribution in [-0.2, 0) is 38.0 Å². The number of carbonyl (C=O) groups excluding carboxylic acids is 1. The highest BCUT2D eigenvalue weighted by Gasteiger charge is 2.68. The van der Waals surface area contributed by atoms with Crippen LogP contribution in [0, 0.1) is 52.3 Å². The number of hydrogen-bond acceptors (Lipinski definition) is 8.